The van der Waals surface area contributed by atoms with Crippen molar-refractivity contribution in [3.8, 4) is 11.5 Å². The molecular weight excluding hydrogens is 232 g/mol. The van der Waals surface area contributed by atoms with Gasteiger partial charge in [-0.1, -0.05) is 13.8 Å². The number of aromatic hydroxyl groups is 1. The molecule has 4 heteroatoms. The van der Waals surface area contributed by atoms with Crippen LogP contribution in [0.1, 0.15) is 43.5 Å². The highest BCUT2D eigenvalue weighted by molar-refractivity contribution is 5.88. The average molecular weight is 250 g/mol. The molecule has 2 rings (SSSR count). The van der Waals surface area contributed by atoms with Crippen LogP contribution < -0.4 is 4.74 Å². The number of hydrogen-bond acceptors (Lipinski definition) is 3. The summed E-state index contributed by atoms with van der Waals surface area (Å²) >= 11 is 0. The minimum atomic E-state index is -1.02. The molecule has 1 atom stereocenters. The quantitative estimate of drug-likeness (QED) is 0.865. The van der Waals surface area contributed by atoms with Gasteiger partial charge in [-0.2, -0.15) is 0 Å². The number of aromatic carboxylic acids is 1. The van der Waals surface area contributed by atoms with Crippen molar-refractivity contribution in [1.29, 1.82) is 0 Å². The van der Waals surface area contributed by atoms with Gasteiger partial charge in [-0.05, 0) is 42.9 Å². The molecule has 1 unspecified atom stereocenters. The monoisotopic (exact) mass is 250 g/mol. The van der Waals surface area contributed by atoms with E-state index in [1.807, 2.05) is 0 Å². The van der Waals surface area contributed by atoms with E-state index in [9.17, 15) is 9.90 Å². The SMILES string of the molecule is CC1(C)CCC(Oc2cc(C(=O)O)ccc2O)C1. The second-order valence-corrected chi connectivity index (χ2v) is 5.63. The molecule has 1 aliphatic carbocycles. The highest BCUT2D eigenvalue weighted by Crippen LogP contribution is 2.40. The van der Waals surface area contributed by atoms with Crippen molar-refractivity contribution in [2.24, 2.45) is 5.41 Å². The zero-order valence-corrected chi connectivity index (χ0v) is 10.6. The molecule has 0 radical (unpaired) electrons. The highest BCUT2D eigenvalue weighted by atomic mass is 16.5. The Morgan fingerprint density at radius 1 is 1.44 bits per heavy atom. The summed E-state index contributed by atoms with van der Waals surface area (Å²) in [7, 11) is 0. The van der Waals surface area contributed by atoms with Crippen LogP contribution in [0.3, 0.4) is 0 Å². The molecule has 0 bridgehead atoms. The van der Waals surface area contributed by atoms with E-state index < -0.39 is 5.97 Å². The molecule has 1 aliphatic rings. The minimum Gasteiger partial charge on any atom is -0.504 e. The summed E-state index contributed by atoms with van der Waals surface area (Å²) in [6.45, 7) is 4.37. The van der Waals surface area contributed by atoms with Crippen molar-refractivity contribution in [1.82, 2.24) is 0 Å². The maximum atomic E-state index is 10.9. The molecule has 1 saturated carbocycles. The molecule has 0 heterocycles. The smallest absolute Gasteiger partial charge is 0.335 e. The summed E-state index contributed by atoms with van der Waals surface area (Å²) in [6.07, 6.45) is 2.99. The molecule has 98 valence electrons. The average Bonchev–Trinajstić information content (AvgIpc) is 2.61. The lowest BCUT2D eigenvalue weighted by Gasteiger charge is -2.18. The van der Waals surface area contributed by atoms with Crippen molar-refractivity contribution in [2.75, 3.05) is 0 Å². The molecule has 1 aromatic carbocycles. The number of carboxylic acids is 1. The number of phenolic OH excluding ortho intramolecular Hbond substituents is 1. The van der Waals surface area contributed by atoms with E-state index in [4.69, 9.17) is 9.84 Å². The van der Waals surface area contributed by atoms with E-state index in [2.05, 4.69) is 13.8 Å². The standard InChI is InChI=1S/C14H18O4/c1-14(2)6-5-10(8-14)18-12-7-9(13(16)17)3-4-11(12)15/h3-4,7,10,15H,5-6,8H2,1-2H3,(H,16,17). The highest BCUT2D eigenvalue weighted by Gasteiger charge is 2.32. The van der Waals surface area contributed by atoms with Crippen LogP contribution in [0.15, 0.2) is 18.2 Å². The molecular formula is C14H18O4. The van der Waals surface area contributed by atoms with Gasteiger partial charge in [-0.15, -0.1) is 0 Å². The molecule has 0 spiro atoms. The summed E-state index contributed by atoms with van der Waals surface area (Å²) in [5.74, 6) is -0.770. The summed E-state index contributed by atoms with van der Waals surface area (Å²) in [5, 5.41) is 18.6. The Balaban J connectivity index is 2.14. The normalized spacial score (nSPS) is 21.8. The molecule has 0 aromatic heterocycles. The lowest BCUT2D eigenvalue weighted by Crippen LogP contribution is -2.15. The molecule has 4 nitrogen and oxygen atoms in total. The van der Waals surface area contributed by atoms with Gasteiger partial charge in [0.25, 0.3) is 0 Å². The molecule has 0 aliphatic heterocycles. The minimum absolute atomic E-state index is 0.00953. The van der Waals surface area contributed by atoms with Crippen LogP contribution >= 0.6 is 0 Å². The number of phenols is 1. The van der Waals surface area contributed by atoms with Gasteiger partial charge >= 0.3 is 5.97 Å². The van der Waals surface area contributed by atoms with Crippen LogP contribution in [-0.2, 0) is 0 Å². The molecule has 1 aromatic rings. The third-order valence-corrected chi connectivity index (χ3v) is 3.42. The maximum absolute atomic E-state index is 10.9. The summed E-state index contributed by atoms with van der Waals surface area (Å²) < 4.78 is 5.72. The van der Waals surface area contributed by atoms with Gasteiger partial charge in [-0.3, -0.25) is 0 Å². The zero-order valence-electron chi connectivity index (χ0n) is 10.6. The van der Waals surface area contributed by atoms with Gasteiger partial charge in [0.05, 0.1) is 11.7 Å². The molecule has 18 heavy (non-hydrogen) atoms. The lowest BCUT2D eigenvalue weighted by atomic mass is 9.92. The number of carboxylic acid groups (broad SMARTS) is 1. The van der Waals surface area contributed by atoms with E-state index in [0.717, 1.165) is 19.3 Å². The first-order chi connectivity index (χ1) is 8.37. The summed E-state index contributed by atoms with van der Waals surface area (Å²) in [4.78, 5) is 10.9. The van der Waals surface area contributed by atoms with Gasteiger partial charge < -0.3 is 14.9 Å². The van der Waals surface area contributed by atoms with E-state index in [1.54, 1.807) is 0 Å². The maximum Gasteiger partial charge on any atom is 0.335 e. The van der Waals surface area contributed by atoms with Crippen LogP contribution in [0, 0.1) is 5.41 Å². The third-order valence-electron chi connectivity index (χ3n) is 3.42. The Labute approximate surface area is 106 Å². The van der Waals surface area contributed by atoms with Gasteiger partial charge in [0.2, 0.25) is 0 Å². The molecule has 0 saturated heterocycles. The Bertz CT molecular complexity index is 465. The lowest BCUT2D eigenvalue weighted by molar-refractivity contribution is 0.0695. The number of rotatable bonds is 3. The van der Waals surface area contributed by atoms with Crippen LogP contribution in [0.2, 0.25) is 0 Å². The van der Waals surface area contributed by atoms with E-state index >= 15 is 0 Å². The van der Waals surface area contributed by atoms with Crippen LogP contribution in [0.5, 0.6) is 11.5 Å². The number of carbonyl (C=O) groups is 1. The van der Waals surface area contributed by atoms with Gasteiger partial charge in [0, 0.05) is 0 Å². The Kier molecular flexibility index (Phi) is 3.20. The van der Waals surface area contributed by atoms with Gasteiger partial charge in [-0.25, -0.2) is 4.79 Å². The molecule has 0 amide bonds. The molecule has 1 fully saturated rings. The van der Waals surface area contributed by atoms with Crippen LogP contribution in [0.4, 0.5) is 0 Å². The number of hydrogen-bond donors (Lipinski definition) is 2. The van der Waals surface area contributed by atoms with Gasteiger partial charge in [0.1, 0.15) is 0 Å². The van der Waals surface area contributed by atoms with E-state index in [0.29, 0.717) is 0 Å². The topological polar surface area (TPSA) is 66.8 Å². The fourth-order valence-corrected chi connectivity index (χ4v) is 2.39. The number of benzene rings is 1. The first kappa shape index (κ1) is 12.7. The van der Waals surface area contributed by atoms with E-state index in [1.165, 1.54) is 18.2 Å². The van der Waals surface area contributed by atoms with Crippen molar-refractivity contribution in [3.05, 3.63) is 23.8 Å². The number of ether oxygens (including phenoxy) is 1. The predicted octanol–water partition coefficient (Wildman–Crippen LogP) is 3.05. The van der Waals surface area contributed by atoms with Crippen molar-refractivity contribution in [3.63, 3.8) is 0 Å². The van der Waals surface area contributed by atoms with E-state index in [-0.39, 0.29) is 28.6 Å². The van der Waals surface area contributed by atoms with Crippen molar-refractivity contribution >= 4 is 5.97 Å². The predicted molar refractivity (Wildman–Crippen MR) is 67.1 cm³/mol. The first-order valence-electron chi connectivity index (χ1n) is 6.10. The first-order valence-corrected chi connectivity index (χ1v) is 6.10. The largest absolute Gasteiger partial charge is 0.504 e. The Morgan fingerprint density at radius 2 is 2.17 bits per heavy atom. The molecule has 2 N–H and O–H groups in total. The van der Waals surface area contributed by atoms with Crippen molar-refractivity contribution in [2.45, 2.75) is 39.2 Å². The fourth-order valence-electron chi connectivity index (χ4n) is 2.39. The zero-order chi connectivity index (χ0) is 13.3. The second kappa shape index (κ2) is 4.52. The third kappa shape index (κ3) is 2.75. The Morgan fingerprint density at radius 3 is 2.72 bits per heavy atom. The van der Waals surface area contributed by atoms with Crippen LogP contribution in [-0.4, -0.2) is 22.3 Å². The summed E-state index contributed by atoms with van der Waals surface area (Å²) in [5.41, 5.74) is 0.380. The summed E-state index contributed by atoms with van der Waals surface area (Å²) in [6, 6.07) is 4.10. The fraction of sp³-hybridized carbons (Fsp3) is 0.500. The van der Waals surface area contributed by atoms with Gasteiger partial charge in [0.15, 0.2) is 11.5 Å². The Hall–Kier alpha value is -1.71. The van der Waals surface area contributed by atoms with Crippen LogP contribution in [0.25, 0.3) is 0 Å². The van der Waals surface area contributed by atoms with Crippen molar-refractivity contribution < 1.29 is 19.7 Å². The second-order valence-electron chi connectivity index (χ2n) is 5.63.